The lowest BCUT2D eigenvalue weighted by molar-refractivity contribution is -0.116. The zero-order chi connectivity index (χ0) is 17.0. The molecule has 2 aromatic rings. The SMILES string of the molecule is CSc1ccccc1NC(=O)CN(C)C(=O)c1c(C)noc1C. The van der Waals surface area contributed by atoms with Gasteiger partial charge < -0.3 is 14.7 Å². The highest BCUT2D eigenvalue weighted by molar-refractivity contribution is 7.98. The Morgan fingerprint density at radius 1 is 1.30 bits per heavy atom. The molecule has 2 rings (SSSR count). The molecule has 0 aliphatic heterocycles. The number of hydrogen-bond acceptors (Lipinski definition) is 5. The van der Waals surface area contributed by atoms with Crippen molar-refractivity contribution in [2.45, 2.75) is 18.7 Å². The van der Waals surface area contributed by atoms with Gasteiger partial charge in [-0.3, -0.25) is 9.59 Å². The summed E-state index contributed by atoms with van der Waals surface area (Å²) in [5, 5.41) is 6.59. The van der Waals surface area contributed by atoms with Crippen LogP contribution in [-0.4, -0.2) is 41.7 Å². The fourth-order valence-electron chi connectivity index (χ4n) is 2.20. The van der Waals surface area contributed by atoms with Crippen LogP contribution in [0.4, 0.5) is 5.69 Å². The average Bonchev–Trinajstić information content (AvgIpc) is 2.85. The van der Waals surface area contributed by atoms with Crippen LogP contribution in [0.5, 0.6) is 0 Å². The molecule has 1 N–H and O–H groups in total. The molecular formula is C16H19N3O3S. The Bertz CT molecular complexity index is 708. The van der Waals surface area contributed by atoms with E-state index < -0.39 is 0 Å². The smallest absolute Gasteiger partial charge is 0.259 e. The molecule has 0 unspecified atom stereocenters. The lowest BCUT2D eigenvalue weighted by atomic mass is 10.2. The normalized spacial score (nSPS) is 10.4. The van der Waals surface area contributed by atoms with Crippen LogP contribution in [0.3, 0.4) is 0 Å². The average molecular weight is 333 g/mol. The Morgan fingerprint density at radius 2 is 2.00 bits per heavy atom. The molecule has 0 aliphatic rings. The number of benzene rings is 1. The van der Waals surface area contributed by atoms with Gasteiger partial charge in [0.15, 0.2) is 0 Å². The summed E-state index contributed by atoms with van der Waals surface area (Å²) < 4.78 is 5.00. The second-order valence-corrected chi connectivity index (χ2v) is 5.96. The van der Waals surface area contributed by atoms with Crippen molar-refractivity contribution in [3.8, 4) is 0 Å². The summed E-state index contributed by atoms with van der Waals surface area (Å²) in [4.78, 5) is 26.9. The van der Waals surface area contributed by atoms with E-state index in [1.54, 1.807) is 32.7 Å². The van der Waals surface area contributed by atoms with Gasteiger partial charge >= 0.3 is 0 Å². The molecule has 2 amide bonds. The molecule has 7 heteroatoms. The van der Waals surface area contributed by atoms with Gasteiger partial charge in [-0.2, -0.15) is 0 Å². The second-order valence-electron chi connectivity index (χ2n) is 5.11. The van der Waals surface area contributed by atoms with Crippen LogP contribution in [0.25, 0.3) is 0 Å². The summed E-state index contributed by atoms with van der Waals surface area (Å²) in [6.45, 7) is 3.33. The standard InChI is InChI=1S/C16H19N3O3S/c1-10-15(11(2)22-18-10)16(21)19(3)9-14(20)17-12-7-5-6-8-13(12)23-4/h5-8H,9H2,1-4H3,(H,17,20). The number of hydrogen-bond donors (Lipinski definition) is 1. The molecule has 1 aromatic heterocycles. The zero-order valence-corrected chi connectivity index (χ0v) is 14.4. The minimum absolute atomic E-state index is 0.0500. The summed E-state index contributed by atoms with van der Waals surface area (Å²) in [5.41, 5.74) is 1.67. The number of para-hydroxylation sites is 1. The molecule has 23 heavy (non-hydrogen) atoms. The van der Waals surface area contributed by atoms with Gasteiger partial charge in [0.05, 0.1) is 17.9 Å². The van der Waals surface area contributed by atoms with Gasteiger partial charge in [0.2, 0.25) is 5.91 Å². The number of carbonyl (C=O) groups excluding carboxylic acids is 2. The van der Waals surface area contributed by atoms with Crippen LogP contribution >= 0.6 is 11.8 Å². The molecule has 0 aliphatic carbocycles. The summed E-state index contributed by atoms with van der Waals surface area (Å²) in [6.07, 6.45) is 1.94. The number of nitrogens with zero attached hydrogens (tertiary/aromatic N) is 2. The minimum Gasteiger partial charge on any atom is -0.361 e. The van der Waals surface area contributed by atoms with Crippen LogP contribution in [0, 0.1) is 13.8 Å². The Hall–Kier alpha value is -2.28. The Morgan fingerprint density at radius 3 is 2.61 bits per heavy atom. The number of thioether (sulfide) groups is 1. The molecule has 0 atom stereocenters. The molecule has 1 aromatic carbocycles. The van der Waals surface area contributed by atoms with Crippen molar-refractivity contribution < 1.29 is 14.1 Å². The molecular weight excluding hydrogens is 314 g/mol. The van der Waals surface area contributed by atoms with Crippen molar-refractivity contribution in [2.24, 2.45) is 0 Å². The van der Waals surface area contributed by atoms with Gasteiger partial charge in [0.25, 0.3) is 5.91 Å². The predicted molar refractivity (Wildman–Crippen MR) is 89.8 cm³/mol. The molecule has 0 fully saturated rings. The van der Waals surface area contributed by atoms with Gasteiger partial charge in [-0.05, 0) is 32.2 Å². The molecule has 0 spiro atoms. The van der Waals surface area contributed by atoms with E-state index in [0.717, 1.165) is 10.6 Å². The fraction of sp³-hybridized carbons (Fsp3) is 0.312. The molecule has 0 bridgehead atoms. The summed E-state index contributed by atoms with van der Waals surface area (Å²) in [5.74, 6) is -0.0869. The van der Waals surface area contributed by atoms with E-state index in [1.165, 1.54) is 4.90 Å². The highest BCUT2D eigenvalue weighted by Crippen LogP contribution is 2.24. The number of aryl methyl sites for hydroxylation is 2. The fourth-order valence-corrected chi connectivity index (χ4v) is 2.76. The first-order valence-electron chi connectivity index (χ1n) is 7.05. The van der Waals surface area contributed by atoms with Gasteiger partial charge in [-0.25, -0.2) is 0 Å². The monoisotopic (exact) mass is 333 g/mol. The maximum atomic E-state index is 12.4. The molecule has 122 valence electrons. The lowest BCUT2D eigenvalue weighted by Gasteiger charge is -2.17. The van der Waals surface area contributed by atoms with Gasteiger partial charge in [-0.1, -0.05) is 17.3 Å². The van der Waals surface area contributed by atoms with E-state index in [9.17, 15) is 9.59 Å². The van der Waals surface area contributed by atoms with Crippen LogP contribution < -0.4 is 5.32 Å². The summed E-state index contributed by atoms with van der Waals surface area (Å²) in [6, 6.07) is 7.53. The first kappa shape index (κ1) is 17.1. The van der Waals surface area contributed by atoms with Crippen molar-refractivity contribution in [1.29, 1.82) is 0 Å². The van der Waals surface area contributed by atoms with E-state index in [0.29, 0.717) is 17.0 Å². The Balaban J connectivity index is 2.04. The van der Waals surface area contributed by atoms with Gasteiger partial charge in [0, 0.05) is 11.9 Å². The number of carbonyl (C=O) groups is 2. The second kappa shape index (κ2) is 7.32. The van der Waals surface area contributed by atoms with Crippen LogP contribution in [0.2, 0.25) is 0 Å². The van der Waals surface area contributed by atoms with E-state index in [-0.39, 0.29) is 18.4 Å². The third kappa shape index (κ3) is 3.92. The predicted octanol–water partition coefficient (Wildman–Crippen LogP) is 2.72. The van der Waals surface area contributed by atoms with Crippen LogP contribution in [-0.2, 0) is 4.79 Å². The van der Waals surface area contributed by atoms with Gasteiger partial charge in [0.1, 0.15) is 11.3 Å². The first-order valence-corrected chi connectivity index (χ1v) is 8.27. The van der Waals surface area contributed by atoms with Crippen LogP contribution in [0.1, 0.15) is 21.8 Å². The van der Waals surface area contributed by atoms with Crippen LogP contribution in [0.15, 0.2) is 33.7 Å². The molecule has 1 heterocycles. The zero-order valence-electron chi connectivity index (χ0n) is 13.5. The van der Waals surface area contributed by atoms with E-state index in [4.69, 9.17) is 4.52 Å². The number of likely N-dealkylation sites (N-methyl/N-ethyl adjacent to an activating group) is 1. The summed E-state index contributed by atoms with van der Waals surface area (Å²) >= 11 is 1.55. The lowest BCUT2D eigenvalue weighted by Crippen LogP contribution is -2.35. The topological polar surface area (TPSA) is 75.4 Å². The van der Waals surface area contributed by atoms with Crippen molar-refractivity contribution in [2.75, 3.05) is 25.2 Å². The molecule has 0 saturated carbocycles. The first-order chi connectivity index (χ1) is 10.9. The number of amides is 2. The van der Waals surface area contributed by atoms with E-state index >= 15 is 0 Å². The van der Waals surface area contributed by atoms with E-state index in [1.807, 2.05) is 30.5 Å². The molecule has 0 radical (unpaired) electrons. The number of aromatic nitrogens is 1. The molecule has 0 saturated heterocycles. The Kier molecular flexibility index (Phi) is 5.44. The number of nitrogens with one attached hydrogen (secondary N) is 1. The maximum absolute atomic E-state index is 12.4. The number of rotatable bonds is 5. The quantitative estimate of drug-likeness (QED) is 0.852. The highest BCUT2D eigenvalue weighted by Gasteiger charge is 2.22. The third-order valence-electron chi connectivity index (χ3n) is 3.36. The third-order valence-corrected chi connectivity index (χ3v) is 4.15. The summed E-state index contributed by atoms with van der Waals surface area (Å²) in [7, 11) is 1.58. The minimum atomic E-state index is -0.283. The van der Waals surface area contributed by atoms with E-state index in [2.05, 4.69) is 10.5 Å². The van der Waals surface area contributed by atoms with Crippen molar-refractivity contribution in [1.82, 2.24) is 10.1 Å². The maximum Gasteiger partial charge on any atom is 0.259 e. The Labute approximate surface area is 139 Å². The largest absolute Gasteiger partial charge is 0.361 e. The highest BCUT2D eigenvalue weighted by atomic mass is 32.2. The van der Waals surface area contributed by atoms with Gasteiger partial charge in [-0.15, -0.1) is 11.8 Å². The molecule has 6 nitrogen and oxygen atoms in total. The van der Waals surface area contributed by atoms with Crippen molar-refractivity contribution >= 4 is 29.3 Å². The number of anilines is 1. The van der Waals surface area contributed by atoms with Crippen molar-refractivity contribution in [3.05, 3.63) is 41.3 Å². The van der Waals surface area contributed by atoms with Crippen molar-refractivity contribution in [3.63, 3.8) is 0 Å².